The summed E-state index contributed by atoms with van der Waals surface area (Å²) >= 11 is 0. The Balaban J connectivity index is 1.74. The third-order valence-corrected chi connectivity index (χ3v) is 3.69. The minimum atomic E-state index is -0.512. The number of pyridine rings is 1. The Bertz CT molecular complexity index is 540. The van der Waals surface area contributed by atoms with Gasteiger partial charge in [0, 0.05) is 18.2 Å². The number of nitrogens with zero attached hydrogens (tertiary/aromatic N) is 1. The van der Waals surface area contributed by atoms with Gasteiger partial charge in [0.15, 0.2) is 0 Å². The number of aromatic nitrogens is 1. The number of carbonyl (C=O) groups excluding carboxylic acids is 2. The van der Waals surface area contributed by atoms with Crippen molar-refractivity contribution in [2.24, 2.45) is 5.92 Å². The first-order valence-electron chi connectivity index (χ1n) is 8.00. The highest BCUT2D eigenvalue weighted by atomic mass is 16.6. The molecule has 1 fully saturated rings. The first-order chi connectivity index (χ1) is 10.8. The van der Waals surface area contributed by atoms with Gasteiger partial charge in [0.1, 0.15) is 5.60 Å². The highest BCUT2D eigenvalue weighted by Crippen LogP contribution is 2.26. The van der Waals surface area contributed by atoms with E-state index < -0.39 is 11.7 Å². The average molecular weight is 319 g/mol. The molecule has 126 valence electrons. The molecular weight excluding hydrogens is 294 g/mol. The normalized spacial score (nSPS) is 20.8. The standard InChI is InChI=1S/C17H25N3O3/c1-17(2,3)23-16(22)20-13-8-7-12(10-13)15(21)19-11-14-6-4-5-9-18-14/h4-6,9,12-13H,7-8,10-11H2,1-3H3,(H,19,21)(H,20,22)/t12-,13+/m1/s1. The second kappa shape index (κ2) is 7.44. The number of amides is 2. The lowest BCUT2D eigenvalue weighted by atomic mass is 10.1. The maximum Gasteiger partial charge on any atom is 0.407 e. The van der Waals surface area contributed by atoms with E-state index in [0.29, 0.717) is 13.0 Å². The number of alkyl carbamates (subject to hydrolysis) is 1. The van der Waals surface area contributed by atoms with E-state index in [0.717, 1.165) is 18.5 Å². The first kappa shape index (κ1) is 17.2. The lowest BCUT2D eigenvalue weighted by Crippen LogP contribution is -2.38. The van der Waals surface area contributed by atoms with Gasteiger partial charge in [0.2, 0.25) is 5.91 Å². The van der Waals surface area contributed by atoms with Crippen LogP contribution in [0.1, 0.15) is 45.7 Å². The van der Waals surface area contributed by atoms with Crippen LogP contribution in [0.5, 0.6) is 0 Å². The number of hydrogen-bond donors (Lipinski definition) is 2. The molecule has 2 rings (SSSR count). The summed E-state index contributed by atoms with van der Waals surface area (Å²) in [6.07, 6.45) is 3.50. The van der Waals surface area contributed by atoms with Crippen molar-refractivity contribution in [1.82, 2.24) is 15.6 Å². The van der Waals surface area contributed by atoms with Gasteiger partial charge in [0.05, 0.1) is 12.2 Å². The van der Waals surface area contributed by atoms with Crippen LogP contribution < -0.4 is 10.6 Å². The fourth-order valence-electron chi connectivity index (χ4n) is 2.65. The molecule has 6 heteroatoms. The molecule has 6 nitrogen and oxygen atoms in total. The van der Waals surface area contributed by atoms with Crippen molar-refractivity contribution >= 4 is 12.0 Å². The molecule has 0 radical (unpaired) electrons. The smallest absolute Gasteiger partial charge is 0.407 e. The number of carbonyl (C=O) groups is 2. The topological polar surface area (TPSA) is 80.3 Å². The van der Waals surface area contributed by atoms with Crippen LogP contribution in [0.2, 0.25) is 0 Å². The zero-order chi connectivity index (χ0) is 16.9. The van der Waals surface area contributed by atoms with Gasteiger partial charge < -0.3 is 15.4 Å². The Labute approximate surface area is 137 Å². The second-order valence-electron chi connectivity index (χ2n) is 6.89. The van der Waals surface area contributed by atoms with E-state index in [1.807, 2.05) is 39.0 Å². The molecule has 1 aromatic heterocycles. The van der Waals surface area contributed by atoms with Crippen molar-refractivity contribution < 1.29 is 14.3 Å². The lowest BCUT2D eigenvalue weighted by Gasteiger charge is -2.21. The molecule has 0 aromatic carbocycles. The largest absolute Gasteiger partial charge is 0.444 e. The van der Waals surface area contributed by atoms with Crippen LogP contribution >= 0.6 is 0 Å². The van der Waals surface area contributed by atoms with Gasteiger partial charge in [-0.25, -0.2) is 4.79 Å². The predicted molar refractivity (Wildman–Crippen MR) is 86.6 cm³/mol. The Hall–Kier alpha value is -2.11. The van der Waals surface area contributed by atoms with E-state index in [9.17, 15) is 9.59 Å². The minimum Gasteiger partial charge on any atom is -0.444 e. The molecule has 0 unspecified atom stereocenters. The Morgan fingerprint density at radius 1 is 1.30 bits per heavy atom. The monoisotopic (exact) mass is 319 g/mol. The summed E-state index contributed by atoms with van der Waals surface area (Å²) in [6, 6.07) is 5.61. The molecule has 2 N–H and O–H groups in total. The Kier molecular flexibility index (Phi) is 5.58. The number of rotatable bonds is 4. The summed E-state index contributed by atoms with van der Waals surface area (Å²) in [7, 11) is 0. The summed E-state index contributed by atoms with van der Waals surface area (Å²) in [5.74, 6) is -0.0530. The van der Waals surface area contributed by atoms with E-state index in [2.05, 4.69) is 15.6 Å². The summed E-state index contributed by atoms with van der Waals surface area (Å²) in [4.78, 5) is 28.1. The van der Waals surface area contributed by atoms with Gasteiger partial charge in [-0.2, -0.15) is 0 Å². The first-order valence-corrected chi connectivity index (χ1v) is 8.00. The van der Waals surface area contributed by atoms with Crippen LogP contribution in [0.3, 0.4) is 0 Å². The van der Waals surface area contributed by atoms with E-state index in [-0.39, 0.29) is 17.9 Å². The Morgan fingerprint density at radius 2 is 2.09 bits per heavy atom. The predicted octanol–water partition coefficient (Wildman–Crippen LogP) is 2.39. The van der Waals surface area contributed by atoms with Crippen molar-refractivity contribution in [2.45, 2.75) is 58.2 Å². The summed E-state index contributed by atoms with van der Waals surface area (Å²) < 4.78 is 5.24. The van der Waals surface area contributed by atoms with Gasteiger partial charge in [-0.15, -0.1) is 0 Å². The van der Waals surface area contributed by atoms with E-state index >= 15 is 0 Å². The molecule has 23 heavy (non-hydrogen) atoms. The maximum absolute atomic E-state index is 12.2. The second-order valence-corrected chi connectivity index (χ2v) is 6.89. The van der Waals surface area contributed by atoms with Crippen LogP contribution in [-0.4, -0.2) is 28.6 Å². The molecule has 0 spiro atoms. The molecule has 1 heterocycles. The maximum atomic E-state index is 12.2. The molecule has 0 saturated heterocycles. The van der Waals surface area contributed by atoms with E-state index in [1.165, 1.54) is 0 Å². The minimum absolute atomic E-state index is 0.00421. The molecule has 1 aliphatic carbocycles. The van der Waals surface area contributed by atoms with E-state index in [1.54, 1.807) is 6.20 Å². The number of nitrogens with one attached hydrogen (secondary N) is 2. The third kappa shape index (κ3) is 5.88. The van der Waals surface area contributed by atoms with Crippen molar-refractivity contribution in [3.05, 3.63) is 30.1 Å². The molecule has 2 amide bonds. The summed E-state index contributed by atoms with van der Waals surface area (Å²) in [5.41, 5.74) is 0.324. The molecular formula is C17H25N3O3. The summed E-state index contributed by atoms with van der Waals surface area (Å²) in [6.45, 7) is 5.92. The van der Waals surface area contributed by atoms with Crippen LogP contribution in [0.4, 0.5) is 4.79 Å². The quantitative estimate of drug-likeness (QED) is 0.893. The molecule has 1 aliphatic rings. The fraction of sp³-hybridized carbons (Fsp3) is 0.588. The van der Waals surface area contributed by atoms with Crippen molar-refractivity contribution in [2.75, 3.05) is 0 Å². The fourth-order valence-corrected chi connectivity index (χ4v) is 2.65. The highest BCUT2D eigenvalue weighted by molar-refractivity contribution is 5.79. The van der Waals surface area contributed by atoms with Crippen LogP contribution in [-0.2, 0) is 16.1 Å². The van der Waals surface area contributed by atoms with Gasteiger partial charge in [-0.05, 0) is 52.2 Å². The zero-order valence-electron chi connectivity index (χ0n) is 14.0. The molecule has 1 saturated carbocycles. The van der Waals surface area contributed by atoms with Crippen molar-refractivity contribution in [3.63, 3.8) is 0 Å². The average Bonchev–Trinajstić information content (AvgIpc) is 2.92. The summed E-state index contributed by atoms with van der Waals surface area (Å²) in [5, 5.41) is 5.75. The van der Waals surface area contributed by atoms with E-state index in [4.69, 9.17) is 4.74 Å². The van der Waals surface area contributed by atoms with Crippen LogP contribution in [0.15, 0.2) is 24.4 Å². The molecule has 0 bridgehead atoms. The van der Waals surface area contributed by atoms with Crippen molar-refractivity contribution in [1.29, 1.82) is 0 Å². The number of ether oxygens (including phenoxy) is 1. The lowest BCUT2D eigenvalue weighted by molar-refractivity contribution is -0.125. The molecule has 0 aliphatic heterocycles. The van der Waals surface area contributed by atoms with Gasteiger partial charge >= 0.3 is 6.09 Å². The van der Waals surface area contributed by atoms with Gasteiger partial charge in [0.25, 0.3) is 0 Å². The van der Waals surface area contributed by atoms with Crippen LogP contribution in [0, 0.1) is 5.92 Å². The van der Waals surface area contributed by atoms with Crippen molar-refractivity contribution in [3.8, 4) is 0 Å². The zero-order valence-corrected chi connectivity index (χ0v) is 14.0. The molecule has 1 aromatic rings. The van der Waals surface area contributed by atoms with Gasteiger partial charge in [-0.1, -0.05) is 6.07 Å². The molecule has 2 atom stereocenters. The number of hydrogen-bond acceptors (Lipinski definition) is 4. The Morgan fingerprint density at radius 3 is 2.74 bits per heavy atom. The van der Waals surface area contributed by atoms with Crippen LogP contribution in [0.25, 0.3) is 0 Å². The van der Waals surface area contributed by atoms with Gasteiger partial charge in [-0.3, -0.25) is 9.78 Å². The SMILES string of the molecule is CC(C)(C)OC(=O)N[C@H]1CC[C@@H](C(=O)NCc2ccccn2)C1. The third-order valence-electron chi connectivity index (χ3n) is 3.69. The highest BCUT2D eigenvalue weighted by Gasteiger charge is 2.31.